The average molecular weight is 222 g/mol. The van der Waals surface area contributed by atoms with Crippen LogP contribution in [0.1, 0.15) is 46.0 Å². The molecule has 0 amide bonds. The molecule has 1 heterocycles. The van der Waals surface area contributed by atoms with Crippen LogP contribution in [0.4, 0.5) is 0 Å². The van der Waals surface area contributed by atoms with E-state index >= 15 is 0 Å². The van der Waals surface area contributed by atoms with E-state index in [-0.39, 0.29) is 0 Å². The summed E-state index contributed by atoms with van der Waals surface area (Å²) in [5, 5.41) is 3.71. The van der Waals surface area contributed by atoms with E-state index in [1.165, 1.54) is 51.7 Å². The molecule has 92 valence electrons. The first-order valence-electron chi connectivity index (χ1n) is 7.21. The molecule has 1 saturated heterocycles. The molecule has 0 bridgehead atoms. The maximum Gasteiger partial charge on any atom is 0.0278 e. The monoisotopic (exact) mass is 222 g/mol. The van der Waals surface area contributed by atoms with Gasteiger partial charge in [0, 0.05) is 31.2 Å². The van der Waals surface area contributed by atoms with Gasteiger partial charge >= 0.3 is 0 Å². The average Bonchev–Trinajstić information content (AvgIpc) is 3.12. The molecule has 0 aromatic heterocycles. The third-order valence-electron chi connectivity index (χ3n) is 4.91. The molecule has 3 fully saturated rings. The van der Waals surface area contributed by atoms with Gasteiger partial charge in [0.25, 0.3) is 0 Å². The molecule has 3 rings (SSSR count). The van der Waals surface area contributed by atoms with Crippen molar-refractivity contribution in [1.29, 1.82) is 0 Å². The summed E-state index contributed by atoms with van der Waals surface area (Å²) in [5.41, 5.74) is 0.375. The molecule has 2 heteroatoms. The van der Waals surface area contributed by atoms with Crippen molar-refractivity contribution in [2.75, 3.05) is 19.6 Å². The Hall–Kier alpha value is -0.0800. The molecule has 1 unspecified atom stereocenters. The highest BCUT2D eigenvalue weighted by Crippen LogP contribution is 2.47. The number of rotatable bonds is 4. The molecule has 3 aliphatic rings. The highest BCUT2D eigenvalue weighted by atomic mass is 15.3. The summed E-state index contributed by atoms with van der Waals surface area (Å²) in [6.45, 7) is 8.48. The van der Waals surface area contributed by atoms with Gasteiger partial charge < -0.3 is 5.32 Å². The van der Waals surface area contributed by atoms with E-state index in [0.717, 1.165) is 17.9 Å². The minimum atomic E-state index is 0.375. The van der Waals surface area contributed by atoms with Crippen LogP contribution in [0.2, 0.25) is 0 Å². The van der Waals surface area contributed by atoms with E-state index in [1.54, 1.807) is 0 Å². The van der Waals surface area contributed by atoms with Gasteiger partial charge in [0.15, 0.2) is 0 Å². The van der Waals surface area contributed by atoms with Crippen LogP contribution >= 0.6 is 0 Å². The second kappa shape index (κ2) is 3.99. The van der Waals surface area contributed by atoms with Crippen molar-refractivity contribution in [2.45, 2.75) is 57.5 Å². The van der Waals surface area contributed by atoms with Crippen LogP contribution in [-0.4, -0.2) is 36.1 Å². The Labute approximate surface area is 99.8 Å². The first-order chi connectivity index (χ1) is 7.72. The van der Waals surface area contributed by atoms with Crippen LogP contribution in [0.25, 0.3) is 0 Å². The fourth-order valence-corrected chi connectivity index (χ4v) is 3.43. The maximum absolute atomic E-state index is 3.71. The molecule has 1 aliphatic heterocycles. The van der Waals surface area contributed by atoms with Crippen LogP contribution < -0.4 is 5.32 Å². The van der Waals surface area contributed by atoms with Crippen LogP contribution in [0.3, 0.4) is 0 Å². The summed E-state index contributed by atoms with van der Waals surface area (Å²) < 4.78 is 0. The molecule has 0 spiro atoms. The minimum Gasteiger partial charge on any atom is -0.309 e. The molecular weight excluding hydrogens is 196 g/mol. The van der Waals surface area contributed by atoms with E-state index in [9.17, 15) is 0 Å². The first-order valence-corrected chi connectivity index (χ1v) is 7.21. The predicted molar refractivity (Wildman–Crippen MR) is 67.5 cm³/mol. The lowest BCUT2D eigenvalue weighted by molar-refractivity contribution is 0.0765. The second-order valence-corrected chi connectivity index (χ2v) is 6.48. The number of hydrogen-bond donors (Lipinski definition) is 1. The number of piperazine rings is 1. The number of nitrogens with zero attached hydrogens (tertiary/aromatic N) is 1. The zero-order valence-electron chi connectivity index (χ0n) is 10.8. The Balaban J connectivity index is 1.67. The van der Waals surface area contributed by atoms with Gasteiger partial charge in [0.05, 0.1) is 0 Å². The van der Waals surface area contributed by atoms with Crippen molar-refractivity contribution in [3.05, 3.63) is 0 Å². The van der Waals surface area contributed by atoms with Crippen LogP contribution in [0.15, 0.2) is 0 Å². The van der Waals surface area contributed by atoms with E-state index in [4.69, 9.17) is 0 Å². The zero-order chi connectivity index (χ0) is 11.2. The normalized spacial score (nSPS) is 36.9. The van der Waals surface area contributed by atoms with E-state index in [1.807, 2.05) is 0 Å². The summed E-state index contributed by atoms with van der Waals surface area (Å²) in [7, 11) is 0. The Morgan fingerprint density at radius 3 is 2.38 bits per heavy atom. The quantitative estimate of drug-likeness (QED) is 0.785. The van der Waals surface area contributed by atoms with Gasteiger partial charge in [-0.2, -0.15) is 0 Å². The lowest BCUT2D eigenvalue weighted by Gasteiger charge is -2.45. The Morgan fingerprint density at radius 1 is 1.25 bits per heavy atom. The summed E-state index contributed by atoms with van der Waals surface area (Å²) in [6, 6.07) is 0.952. The lowest BCUT2D eigenvalue weighted by atomic mass is 9.93. The van der Waals surface area contributed by atoms with Crippen molar-refractivity contribution in [3.8, 4) is 0 Å². The fourth-order valence-electron chi connectivity index (χ4n) is 3.43. The van der Waals surface area contributed by atoms with Gasteiger partial charge in [-0.3, -0.25) is 4.90 Å². The Kier molecular flexibility index (Phi) is 2.75. The molecule has 2 nitrogen and oxygen atoms in total. The summed E-state index contributed by atoms with van der Waals surface area (Å²) >= 11 is 0. The molecule has 0 radical (unpaired) electrons. The third kappa shape index (κ3) is 2.14. The molecule has 0 aromatic carbocycles. The summed E-state index contributed by atoms with van der Waals surface area (Å²) in [5.74, 6) is 2.12. The fraction of sp³-hybridized carbons (Fsp3) is 1.00. The molecule has 0 aromatic rings. The standard InChI is InChI=1S/C14H26N2/c1-3-14(2)10-16(9-8-15-14)13(11-4-5-11)12-6-7-12/h11-13,15H,3-10H2,1-2H3. The van der Waals surface area contributed by atoms with Gasteiger partial charge in [-0.15, -0.1) is 0 Å². The summed E-state index contributed by atoms with van der Waals surface area (Å²) in [4.78, 5) is 2.83. The van der Waals surface area contributed by atoms with Crippen molar-refractivity contribution in [3.63, 3.8) is 0 Å². The Bertz CT molecular complexity index is 245. The van der Waals surface area contributed by atoms with Gasteiger partial charge in [-0.1, -0.05) is 6.92 Å². The minimum absolute atomic E-state index is 0.375. The predicted octanol–water partition coefficient (Wildman–Crippen LogP) is 2.25. The topological polar surface area (TPSA) is 15.3 Å². The molecular formula is C14H26N2. The van der Waals surface area contributed by atoms with Gasteiger partial charge in [-0.05, 0) is 50.9 Å². The number of nitrogens with one attached hydrogen (secondary N) is 1. The highest BCUT2D eigenvalue weighted by Gasteiger charge is 2.46. The van der Waals surface area contributed by atoms with Gasteiger partial charge in [0.1, 0.15) is 0 Å². The van der Waals surface area contributed by atoms with Crippen LogP contribution in [0.5, 0.6) is 0 Å². The lowest BCUT2D eigenvalue weighted by Crippen LogP contribution is -2.61. The van der Waals surface area contributed by atoms with E-state index < -0.39 is 0 Å². The van der Waals surface area contributed by atoms with Crippen LogP contribution in [0, 0.1) is 11.8 Å². The van der Waals surface area contributed by atoms with Crippen molar-refractivity contribution >= 4 is 0 Å². The van der Waals surface area contributed by atoms with Crippen molar-refractivity contribution < 1.29 is 0 Å². The van der Waals surface area contributed by atoms with E-state index in [2.05, 4.69) is 24.1 Å². The molecule has 16 heavy (non-hydrogen) atoms. The smallest absolute Gasteiger partial charge is 0.0278 e. The molecule has 2 aliphatic carbocycles. The van der Waals surface area contributed by atoms with Crippen LogP contribution in [-0.2, 0) is 0 Å². The maximum atomic E-state index is 3.71. The number of hydrogen-bond acceptors (Lipinski definition) is 2. The van der Waals surface area contributed by atoms with E-state index in [0.29, 0.717) is 5.54 Å². The van der Waals surface area contributed by atoms with Crippen molar-refractivity contribution in [2.24, 2.45) is 11.8 Å². The molecule has 2 saturated carbocycles. The molecule has 1 atom stereocenters. The second-order valence-electron chi connectivity index (χ2n) is 6.48. The third-order valence-corrected chi connectivity index (χ3v) is 4.91. The SMILES string of the molecule is CCC1(C)CN(C(C2CC2)C2CC2)CCN1. The zero-order valence-corrected chi connectivity index (χ0v) is 10.8. The Morgan fingerprint density at radius 2 is 1.88 bits per heavy atom. The molecule has 1 N–H and O–H groups in total. The highest BCUT2D eigenvalue weighted by molar-refractivity contribution is 5.01. The summed E-state index contributed by atoms with van der Waals surface area (Å²) in [6.07, 6.45) is 7.29. The largest absolute Gasteiger partial charge is 0.309 e. The van der Waals surface area contributed by atoms with Gasteiger partial charge in [0.2, 0.25) is 0 Å². The first kappa shape index (κ1) is 11.0. The van der Waals surface area contributed by atoms with Crippen molar-refractivity contribution in [1.82, 2.24) is 10.2 Å². The van der Waals surface area contributed by atoms with Gasteiger partial charge in [-0.25, -0.2) is 0 Å².